The van der Waals surface area contributed by atoms with Gasteiger partial charge in [-0.05, 0) is 47.5 Å². The number of hydrogen-bond donors (Lipinski definition) is 0. The molecule has 0 spiro atoms. The number of halogens is 6. The molecule has 0 N–H and O–H groups in total. The number of allylic oxidation sites excluding steroid dienone is 2. The Bertz CT molecular complexity index is 840. The lowest BCUT2D eigenvalue weighted by Crippen LogP contribution is -1.80. The van der Waals surface area contributed by atoms with E-state index in [1.807, 2.05) is 0 Å². The van der Waals surface area contributed by atoms with Crippen molar-refractivity contribution in [1.29, 1.82) is 0 Å². The van der Waals surface area contributed by atoms with E-state index < -0.39 is 0 Å². The maximum Gasteiger partial charge on any atom is 0.0598 e. The van der Waals surface area contributed by atoms with E-state index in [-0.39, 0.29) is 0 Å². The topological polar surface area (TPSA) is 24.7 Å². The smallest absolute Gasteiger partial charge is 0.0598 e. The molecule has 0 aromatic heterocycles. The van der Waals surface area contributed by atoms with Gasteiger partial charge in [0.05, 0.1) is 32.5 Å². The fraction of sp³-hybridized carbons (Fsp3) is 0. The Labute approximate surface area is 181 Å². The Morgan fingerprint density at radius 1 is 0.615 bits per heavy atom. The lowest BCUT2D eigenvalue weighted by molar-refractivity contribution is 1.27. The molecule has 8 heteroatoms. The summed E-state index contributed by atoms with van der Waals surface area (Å²) in [5.74, 6) is 0. The minimum absolute atomic E-state index is 0.424. The third kappa shape index (κ3) is 6.31. The van der Waals surface area contributed by atoms with Crippen LogP contribution in [0.15, 0.2) is 58.8 Å². The summed E-state index contributed by atoms with van der Waals surface area (Å²) in [6.45, 7) is 0. The number of benzene rings is 2. The maximum atomic E-state index is 6.16. The fourth-order valence-electron chi connectivity index (χ4n) is 1.76. The Balaban J connectivity index is 2.00. The van der Waals surface area contributed by atoms with Crippen LogP contribution >= 0.6 is 69.6 Å². The van der Waals surface area contributed by atoms with Crippen molar-refractivity contribution in [2.75, 3.05) is 0 Å². The van der Waals surface area contributed by atoms with Gasteiger partial charge in [-0.1, -0.05) is 81.7 Å². The lowest BCUT2D eigenvalue weighted by atomic mass is 10.2. The van der Waals surface area contributed by atoms with Crippen molar-refractivity contribution in [1.82, 2.24) is 0 Å². The van der Waals surface area contributed by atoms with Crippen molar-refractivity contribution in [3.8, 4) is 0 Å². The number of hydrogen-bond acceptors (Lipinski definition) is 2. The van der Waals surface area contributed by atoms with Gasteiger partial charge in [0.1, 0.15) is 0 Å². The highest BCUT2D eigenvalue weighted by molar-refractivity contribution is 6.51. The van der Waals surface area contributed by atoms with E-state index in [1.165, 1.54) is 12.4 Å². The quantitative estimate of drug-likeness (QED) is 0.313. The van der Waals surface area contributed by atoms with Gasteiger partial charge >= 0.3 is 0 Å². The minimum Gasteiger partial charge on any atom is -0.159 e. The summed E-state index contributed by atoms with van der Waals surface area (Å²) in [5, 5.41) is 10.4. The molecule has 0 aliphatic carbocycles. The summed E-state index contributed by atoms with van der Waals surface area (Å²) in [6.07, 6.45) is 6.07. The molecule has 134 valence electrons. The van der Waals surface area contributed by atoms with Crippen LogP contribution in [0.4, 0.5) is 0 Å². The molecule has 0 atom stereocenters. The molecule has 0 fully saturated rings. The first kappa shape index (κ1) is 21.3. The third-order valence-electron chi connectivity index (χ3n) is 3.03. The zero-order valence-electron chi connectivity index (χ0n) is 12.9. The van der Waals surface area contributed by atoms with Gasteiger partial charge < -0.3 is 0 Å². The average Bonchev–Trinajstić information content (AvgIpc) is 2.62. The van der Waals surface area contributed by atoms with Gasteiger partial charge in [-0.2, -0.15) is 10.2 Å². The molecule has 2 rings (SSSR count). The molecular weight excluding hydrogens is 457 g/mol. The first-order valence-corrected chi connectivity index (χ1v) is 9.34. The first-order valence-electron chi connectivity index (χ1n) is 7.07. The number of rotatable bonds is 5. The van der Waals surface area contributed by atoms with Crippen LogP contribution in [0.2, 0.25) is 20.1 Å². The van der Waals surface area contributed by atoms with Gasteiger partial charge in [-0.15, -0.1) is 0 Å². The van der Waals surface area contributed by atoms with Gasteiger partial charge in [-0.25, -0.2) is 0 Å². The zero-order valence-corrected chi connectivity index (χ0v) is 17.5. The van der Waals surface area contributed by atoms with E-state index in [4.69, 9.17) is 69.6 Å². The Kier molecular flexibility index (Phi) is 8.49. The van der Waals surface area contributed by atoms with Crippen molar-refractivity contribution >= 4 is 92.1 Å². The molecule has 26 heavy (non-hydrogen) atoms. The van der Waals surface area contributed by atoms with Gasteiger partial charge in [0.2, 0.25) is 0 Å². The van der Waals surface area contributed by atoms with Gasteiger partial charge in [0, 0.05) is 10.1 Å². The van der Waals surface area contributed by atoms with Crippen molar-refractivity contribution in [3.05, 3.63) is 79.8 Å². The van der Waals surface area contributed by atoms with Gasteiger partial charge in [0.25, 0.3) is 0 Å². The third-order valence-corrected chi connectivity index (χ3v) is 5.20. The second-order valence-corrected chi connectivity index (χ2v) is 7.26. The van der Waals surface area contributed by atoms with Crippen LogP contribution in [-0.4, -0.2) is 12.4 Å². The summed E-state index contributed by atoms with van der Waals surface area (Å²) < 4.78 is 0. The first-order chi connectivity index (χ1) is 12.4. The molecule has 0 radical (unpaired) electrons. The molecule has 0 saturated heterocycles. The molecule has 2 aromatic carbocycles. The van der Waals surface area contributed by atoms with E-state index >= 15 is 0 Å². The second-order valence-electron chi connectivity index (χ2n) is 4.82. The molecule has 0 aliphatic rings. The van der Waals surface area contributed by atoms with Crippen LogP contribution in [0.5, 0.6) is 0 Å². The highest BCUT2D eigenvalue weighted by atomic mass is 35.5. The summed E-state index contributed by atoms with van der Waals surface area (Å²) >= 11 is 35.9. The van der Waals surface area contributed by atoms with Crippen LogP contribution in [0, 0.1) is 0 Å². The molecule has 0 aliphatic heterocycles. The molecule has 2 nitrogen and oxygen atoms in total. The minimum atomic E-state index is 0.424. The molecule has 0 amide bonds. The van der Waals surface area contributed by atoms with E-state index in [0.717, 1.165) is 11.1 Å². The fourth-order valence-corrected chi connectivity index (χ4v) is 2.70. The highest BCUT2D eigenvalue weighted by Gasteiger charge is 2.02. The van der Waals surface area contributed by atoms with Crippen molar-refractivity contribution in [3.63, 3.8) is 0 Å². The largest absolute Gasteiger partial charge is 0.159 e. The lowest BCUT2D eigenvalue weighted by Gasteiger charge is -2.00. The van der Waals surface area contributed by atoms with Crippen LogP contribution in [0.3, 0.4) is 0 Å². The summed E-state index contributed by atoms with van der Waals surface area (Å²) in [6, 6.07) is 10.2. The van der Waals surface area contributed by atoms with E-state index in [0.29, 0.717) is 30.2 Å². The molecule has 0 saturated carbocycles. The van der Waals surface area contributed by atoms with Gasteiger partial charge in [-0.3, -0.25) is 0 Å². The zero-order chi connectivity index (χ0) is 19.1. The Hall–Kier alpha value is -1.000. The monoisotopic (exact) mass is 464 g/mol. The van der Waals surface area contributed by atoms with Crippen molar-refractivity contribution in [2.45, 2.75) is 0 Å². The maximum absolute atomic E-state index is 6.16. The summed E-state index contributed by atoms with van der Waals surface area (Å²) in [7, 11) is 0. The standard InChI is InChI=1S/C18H10Cl6N2/c19-13(11-1-3-15(21)17(23)9-11)5-7-25-26-8-6-14(20)12-2-4-16(22)18(24)10-12/h1-10H/b13-5-,14-6-,25-7-,26-8-. The molecular formula is C18H10Cl6N2. The van der Waals surface area contributed by atoms with Crippen molar-refractivity contribution in [2.24, 2.45) is 10.2 Å². The van der Waals surface area contributed by atoms with Crippen LogP contribution < -0.4 is 0 Å². The summed E-state index contributed by atoms with van der Waals surface area (Å²) in [4.78, 5) is 0. The normalized spacial score (nSPS) is 13.2. The van der Waals surface area contributed by atoms with E-state index in [2.05, 4.69) is 10.2 Å². The molecule has 0 heterocycles. The SMILES string of the molecule is Cl\C(=C/C=N\N=C/C=C(\Cl)c1ccc(Cl)c(Cl)c1)c1ccc(Cl)c(Cl)c1. The summed E-state index contributed by atoms with van der Waals surface area (Å²) in [5.41, 5.74) is 1.44. The number of nitrogens with zero attached hydrogens (tertiary/aromatic N) is 2. The predicted molar refractivity (Wildman–Crippen MR) is 118 cm³/mol. The van der Waals surface area contributed by atoms with E-state index in [1.54, 1.807) is 48.6 Å². The molecule has 0 unspecified atom stereocenters. The average molecular weight is 467 g/mol. The van der Waals surface area contributed by atoms with Crippen LogP contribution in [0.25, 0.3) is 10.1 Å². The Morgan fingerprint density at radius 3 is 1.35 bits per heavy atom. The van der Waals surface area contributed by atoms with E-state index in [9.17, 15) is 0 Å². The highest BCUT2D eigenvalue weighted by Crippen LogP contribution is 2.28. The van der Waals surface area contributed by atoms with Crippen LogP contribution in [-0.2, 0) is 0 Å². The van der Waals surface area contributed by atoms with Gasteiger partial charge in [0.15, 0.2) is 0 Å². The molecule has 2 aromatic rings. The van der Waals surface area contributed by atoms with Crippen molar-refractivity contribution < 1.29 is 0 Å². The second kappa shape index (κ2) is 10.4. The predicted octanol–water partition coefficient (Wildman–Crippen LogP) is 8.22. The Morgan fingerprint density at radius 2 is 1.00 bits per heavy atom. The van der Waals surface area contributed by atoms with Crippen LogP contribution in [0.1, 0.15) is 11.1 Å². The molecule has 0 bridgehead atoms.